The summed E-state index contributed by atoms with van der Waals surface area (Å²) in [6.07, 6.45) is 3.70. The second kappa shape index (κ2) is 5.31. The van der Waals surface area contributed by atoms with Gasteiger partial charge in [-0.1, -0.05) is 12.8 Å². The first-order chi connectivity index (χ1) is 8.50. The van der Waals surface area contributed by atoms with Crippen molar-refractivity contribution >= 4 is 15.5 Å². The summed E-state index contributed by atoms with van der Waals surface area (Å²) in [5, 5.41) is 3.09. The standard InChI is InChI=1S/C14H21NO2S/c1-11(2)15-12-7-9-14(10-8-12)18(16,17)13-5-3-4-6-13/h7-11,13,15H,3-6H2,1-2H3. The molecule has 0 aliphatic heterocycles. The summed E-state index contributed by atoms with van der Waals surface area (Å²) in [5.74, 6) is 0. The highest BCUT2D eigenvalue weighted by Gasteiger charge is 2.29. The Morgan fingerprint density at radius 3 is 2.17 bits per heavy atom. The van der Waals surface area contributed by atoms with Crippen LogP contribution in [0, 0.1) is 0 Å². The first kappa shape index (κ1) is 13.4. The van der Waals surface area contributed by atoms with Gasteiger partial charge in [-0.2, -0.15) is 0 Å². The quantitative estimate of drug-likeness (QED) is 0.911. The fraction of sp³-hybridized carbons (Fsp3) is 0.571. The Bertz CT molecular complexity index is 485. The maximum absolute atomic E-state index is 12.3. The van der Waals surface area contributed by atoms with Crippen molar-refractivity contribution in [2.75, 3.05) is 5.32 Å². The van der Waals surface area contributed by atoms with Crippen LogP contribution in [0.1, 0.15) is 39.5 Å². The topological polar surface area (TPSA) is 46.2 Å². The van der Waals surface area contributed by atoms with Crippen LogP contribution in [0.4, 0.5) is 5.69 Å². The molecule has 1 aromatic rings. The molecule has 0 heterocycles. The van der Waals surface area contributed by atoms with Crippen molar-refractivity contribution in [1.29, 1.82) is 0 Å². The molecule has 1 aromatic carbocycles. The minimum Gasteiger partial charge on any atom is -0.383 e. The van der Waals surface area contributed by atoms with E-state index in [0.29, 0.717) is 10.9 Å². The van der Waals surface area contributed by atoms with Crippen LogP contribution < -0.4 is 5.32 Å². The number of hydrogen-bond donors (Lipinski definition) is 1. The number of nitrogens with one attached hydrogen (secondary N) is 1. The van der Waals surface area contributed by atoms with E-state index in [1.54, 1.807) is 12.1 Å². The van der Waals surface area contributed by atoms with Gasteiger partial charge in [-0.05, 0) is 51.0 Å². The first-order valence-corrected chi connectivity index (χ1v) is 8.15. The second-order valence-electron chi connectivity index (χ2n) is 5.27. The number of anilines is 1. The van der Waals surface area contributed by atoms with Crippen LogP contribution in [-0.2, 0) is 9.84 Å². The molecule has 0 unspecified atom stereocenters. The molecule has 0 saturated heterocycles. The van der Waals surface area contributed by atoms with Crippen LogP contribution in [0.2, 0.25) is 0 Å². The molecule has 0 radical (unpaired) electrons. The molecule has 0 bridgehead atoms. The minimum atomic E-state index is -3.11. The fourth-order valence-corrected chi connectivity index (χ4v) is 4.32. The summed E-state index contributed by atoms with van der Waals surface area (Å²) < 4.78 is 24.7. The Hall–Kier alpha value is -1.03. The molecule has 1 N–H and O–H groups in total. The van der Waals surface area contributed by atoms with E-state index in [2.05, 4.69) is 19.2 Å². The molecule has 4 heteroatoms. The van der Waals surface area contributed by atoms with Gasteiger partial charge in [-0.25, -0.2) is 8.42 Å². The van der Waals surface area contributed by atoms with Crippen molar-refractivity contribution in [3.63, 3.8) is 0 Å². The maximum atomic E-state index is 12.3. The van der Waals surface area contributed by atoms with E-state index in [1.807, 2.05) is 12.1 Å². The van der Waals surface area contributed by atoms with E-state index < -0.39 is 9.84 Å². The molecule has 0 amide bonds. The molecule has 0 aromatic heterocycles. The van der Waals surface area contributed by atoms with Crippen LogP contribution >= 0.6 is 0 Å². The van der Waals surface area contributed by atoms with E-state index in [4.69, 9.17) is 0 Å². The number of benzene rings is 1. The van der Waals surface area contributed by atoms with Gasteiger partial charge in [-0.3, -0.25) is 0 Å². The average Bonchev–Trinajstić information content (AvgIpc) is 2.83. The number of rotatable bonds is 4. The summed E-state index contributed by atoms with van der Waals surface area (Å²) in [5.41, 5.74) is 0.968. The third kappa shape index (κ3) is 2.86. The van der Waals surface area contributed by atoms with Crippen LogP contribution in [-0.4, -0.2) is 19.7 Å². The summed E-state index contributed by atoms with van der Waals surface area (Å²) in [4.78, 5) is 0.462. The normalized spacial score (nSPS) is 17.3. The Morgan fingerprint density at radius 2 is 1.67 bits per heavy atom. The van der Waals surface area contributed by atoms with Crippen molar-refractivity contribution in [2.45, 2.75) is 55.7 Å². The van der Waals surface area contributed by atoms with Crippen molar-refractivity contribution in [2.24, 2.45) is 0 Å². The van der Waals surface area contributed by atoms with Crippen molar-refractivity contribution in [3.8, 4) is 0 Å². The highest BCUT2D eigenvalue weighted by molar-refractivity contribution is 7.92. The lowest BCUT2D eigenvalue weighted by Gasteiger charge is -2.13. The summed E-state index contributed by atoms with van der Waals surface area (Å²) >= 11 is 0. The highest BCUT2D eigenvalue weighted by Crippen LogP contribution is 2.30. The van der Waals surface area contributed by atoms with Crippen LogP contribution in [0.3, 0.4) is 0 Å². The lowest BCUT2D eigenvalue weighted by Crippen LogP contribution is -2.17. The van der Waals surface area contributed by atoms with Crippen LogP contribution in [0.5, 0.6) is 0 Å². The predicted octanol–water partition coefficient (Wildman–Crippen LogP) is 3.22. The Morgan fingerprint density at radius 1 is 1.11 bits per heavy atom. The van der Waals surface area contributed by atoms with Gasteiger partial charge in [0, 0.05) is 11.7 Å². The molecule has 100 valence electrons. The number of sulfone groups is 1. The maximum Gasteiger partial charge on any atom is 0.181 e. The van der Waals surface area contributed by atoms with Gasteiger partial charge in [0.25, 0.3) is 0 Å². The predicted molar refractivity (Wildman–Crippen MR) is 74.6 cm³/mol. The Labute approximate surface area is 110 Å². The van der Waals surface area contributed by atoms with E-state index in [9.17, 15) is 8.42 Å². The van der Waals surface area contributed by atoms with E-state index in [0.717, 1.165) is 31.4 Å². The molecule has 0 spiro atoms. The van der Waals surface area contributed by atoms with Gasteiger partial charge >= 0.3 is 0 Å². The Balaban J connectivity index is 2.18. The molecule has 18 heavy (non-hydrogen) atoms. The lowest BCUT2D eigenvalue weighted by atomic mass is 10.3. The molecule has 3 nitrogen and oxygen atoms in total. The van der Waals surface area contributed by atoms with E-state index >= 15 is 0 Å². The zero-order valence-electron chi connectivity index (χ0n) is 11.0. The van der Waals surface area contributed by atoms with E-state index in [-0.39, 0.29) is 5.25 Å². The van der Waals surface area contributed by atoms with Gasteiger partial charge in [-0.15, -0.1) is 0 Å². The molecular weight excluding hydrogens is 246 g/mol. The smallest absolute Gasteiger partial charge is 0.181 e. The van der Waals surface area contributed by atoms with Crippen molar-refractivity contribution < 1.29 is 8.42 Å². The lowest BCUT2D eigenvalue weighted by molar-refractivity contribution is 0.579. The second-order valence-corrected chi connectivity index (χ2v) is 7.50. The molecule has 1 aliphatic carbocycles. The van der Waals surface area contributed by atoms with Crippen LogP contribution in [0.15, 0.2) is 29.2 Å². The number of hydrogen-bond acceptors (Lipinski definition) is 3. The minimum absolute atomic E-state index is 0.165. The van der Waals surface area contributed by atoms with Crippen molar-refractivity contribution in [1.82, 2.24) is 0 Å². The van der Waals surface area contributed by atoms with E-state index in [1.165, 1.54) is 0 Å². The molecule has 1 aliphatic rings. The Kier molecular flexibility index (Phi) is 3.95. The molecule has 1 fully saturated rings. The molecular formula is C14H21NO2S. The monoisotopic (exact) mass is 267 g/mol. The summed E-state index contributed by atoms with van der Waals surface area (Å²) in [6, 6.07) is 7.49. The third-order valence-electron chi connectivity index (χ3n) is 3.38. The van der Waals surface area contributed by atoms with Gasteiger partial charge in [0.2, 0.25) is 0 Å². The molecule has 0 atom stereocenters. The zero-order valence-corrected chi connectivity index (χ0v) is 11.8. The van der Waals surface area contributed by atoms with Gasteiger partial charge in [0.05, 0.1) is 10.1 Å². The SMILES string of the molecule is CC(C)Nc1ccc(S(=O)(=O)C2CCCC2)cc1. The molecule has 2 rings (SSSR count). The third-order valence-corrected chi connectivity index (χ3v) is 5.66. The van der Waals surface area contributed by atoms with Gasteiger partial charge in [0.15, 0.2) is 9.84 Å². The largest absolute Gasteiger partial charge is 0.383 e. The van der Waals surface area contributed by atoms with Crippen LogP contribution in [0.25, 0.3) is 0 Å². The summed E-state index contributed by atoms with van der Waals surface area (Å²) in [6.45, 7) is 4.12. The fourth-order valence-electron chi connectivity index (χ4n) is 2.47. The van der Waals surface area contributed by atoms with Gasteiger partial charge in [0.1, 0.15) is 0 Å². The summed E-state index contributed by atoms with van der Waals surface area (Å²) in [7, 11) is -3.11. The average molecular weight is 267 g/mol. The molecule has 1 saturated carbocycles. The first-order valence-electron chi connectivity index (χ1n) is 6.60. The highest BCUT2D eigenvalue weighted by atomic mass is 32.2. The van der Waals surface area contributed by atoms with Crippen molar-refractivity contribution in [3.05, 3.63) is 24.3 Å². The van der Waals surface area contributed by atoms with Gasteiger partial charge < -0.3 is 5.32 Å². The zero-order chi connectivity index (χ0) is 13.2.